The summed E-state index contributed by atoms with van der Waals surface area (Å²) in [5.74, 6) is 1.70. The van der Waals surface area contributed by atoms with Crippen LogP contribution in [0.1, 0.15) is 49.6 Å². The van der Waals surface area contributed by atoms with Crippen molar-refractivity contribution in [3.8, 4) is 5.69 Å². The van der Waals surface area contributed by atoms with Gasteiger partial charge in [0.1, 0.15) is 5.82 Å². The number of nitrogens with zero attached hydrogens (tertiary/aromatic N) is 2. The Labute approximate surface area is 118 Å². The van der Waals surface area contributed by atoms with Crippen LogP contribution in [0.5, 0.6) is 0 Å². The van der Waals surface area contributed by atoms with E-state index in [2.05, 4.69) is 46.8 Å². The number of hydrogen-bond donors (Lipinski definition) is 1. The van der Waals surface area contributed by atoms with E-state index in [1.807, 2.05) is 0 Å². The summed E-state index contributed by atoms with van der Waals surface area (Å²) >= 11 is 5.46. The second-order valence-corrected chi connectivity index (χ2v) is 5.52. The lowest BCUT2D eigenvalue weighted by Gasteiger charge is -2.15. The number of aryl methyl sites for hydroxylation is 2. The molecule has 1 N–H and O–H groups in total. The van der Waals surface area contributed by atoms with E-state index in [9.17, 15) is 0 Å². The Balaban J connectivity index is 2.26. The quantitative estimate of drug-likeness (QED) is 0.856. The summed E-state index contributed by atoms with van der Waals surface area (Å²) in [5.41, 5.74) is 3.95. The van der Waals surface area contributed by atoms with E-state index in [4.69, 9.17) is 12.2 Å². The van der Waals surface area contributed by atoms with Gasteiger partial charge in [0.25, 0.3) is 0 Å². The van der Waals surface area contributed by atoms with Crippen LogP contribution in [0, 0.1) is 4.77 Å². The van der Waals surface area contributed by atoms with Crippen molar-refractivity contribution in [3.05, 3.63) is 39.9 Å². The van der Waals surface area contributed by atoms with Crippen LogP contribution in [0.2, 0.25) is 0 Å². The number of para-hydroxylation sites is 1. The minimum atomic E-state index is 0.586. The number of hydrogen-bond acceptors (Lipinski definition) is 2. The zero-order chi connectivity index (χ0) is 13.4. The minimum absolute atomic E-state index is 0.586. The highest BCUT2D eigenvalue weighted by Crippen LogP contribution is 2.40. The molecule has 0 aliphatic heterocycles. The molecule has 4 heteroatoms. The van der Waals surface area contributed by atoms with Crippen molar-refractivity contribution in [2.45, 2.75) is 45.4 Å². The molecule has 2 aromatic rings. The molecule has 3 nitrogen and oxygen atoms in total. The van der Waals surface area contributed by atoms with E-state index < -0.39 is 0 Å². The highest BCUT2D eigenvalue weighted by molar-refractivity contribution is 7.71. The standard InChI is InChI=1S/C15H19N3S/c1-3-10-6-5-7-11(4-2)13(10)18-14(12-8-9-12)16-17-15(18)19/h5-7,12H,3-4,8-9H2,1-2H3,(H,17,19). The van der Waals surface area contributed by atoms with E-state index in [0.717, 1.165) is 23.4 Å². The molecule has 1 fully saturated rings. The molecule has 1 aromatic heterocycles. The summed E-state index contributed by atoms with van der Waals surface area (Å²) in [7, 11) is 0. The van der Waals surface area contributed by atoms with Crippen LogP contribution in [0.15, 0.2) is 18.2 Å². The SMILES string of the molecule is CCc1cccc(CC)c1-n1c(C2CC2)n[nH]c1=S. The fourth-order valence-corrected chi connectivity index (χ4v) is 2.87. The van der Waals surface area contributed by atoms with E-state index in [1.165, 1.54) is 29.7 Å². The van der Waals surface area contributed by atoms with Gasteiger partial charge in [-0.15, -0.1) is 0 Å². The lowest BCUT2D eigenvalue weighted by Crippen LogP contribution is -2.07. The predicted molar refractivity (Wildman–Crippen MR) is 79.5 cm³/mol. The summed E-state index contributed by atoms with van der Waals surface area (Å²) in [4.78, 5) is 0. The van der Waals surface area contributed by atoms with Gasteiger partial charge in [-0.2, -0.15) is 5.10 Å². The maximum absolute atomic E-state index is 5.46. The van der Waals surface area contributed by atoms with Crippen LogP contribution >= 0.6 is 12.2 Å². The molecule has 0 unspecified atom stereocenters. The molecule has 1 aromatic carbocycles. The van der Waals surface area contributed by atoms with Crippen molar-refractivity contribution in [1.82, 2.24) is 14.8 Å². The first kappa shape index (κ1) is 12.6. The molecule has 0 saturated heterocycles. The van der Waals surface area contributed by atoms with Gasteiger partial charge in [-0.1, -0.05) is 32.0 Å². The molecule has 0 spiro atoms. The van der Waals surface area contributed by atoms with Gasteiger partial charge in [0.05, 0.1) is 5.69 Å². The molecule has 19 heavy (non-hydrogen) atoms. The largest absolute Gasteiger partial charge is 0.271 e. The van der Waals surface area contributed by atoms with Gasteiger partial charge < -0.3 is 0 Å². The van der Waals surface area contributed by atoms with Gasteiger partial charge in [0, 0.05) is 5.92 Å². The molecule has 1 aliphatic rings. The van der Waals surface area contributed by atoms with E-state index in [-0.39, 0.29) is 0 Å². The maximum Gasteiger partial charge on any atom is 0.199 e. The number of nitrogens with one attached hydrogen (secondary N) is 1. The first-order chi connectivity index (χ1) is 9.26. The topological polar surface area (TPSA) is 33.6 Å². The summed E-state index contributed by atoms with van der Waals surface area (Å²) in [6.07, 6.45) is 4.49. The van der Waals surface area contributed by atoms with Crippen molar-refractivity contribution < 1.29 is 0 Å². The Morgan fingerprint density at radius 2 is 1.89 bits per heavy atom. The van der Waals surface area contributed by atoms with Crippen molar-refractivity contribution in [3.63, 3.8) is 0 Å². The van der Waals surface area contributed by atoms with Gasteiger partial charge in [-0.25, -0.2) is 0 Å². The number of rotatable bonds is 4. The van der Waals surface area contributed by atoms with Crippen LogP contribution < -0.4 is 0 Å². The fraction of sp³-hybridized carbons (Fsp3) is 0.467. The van der Waals surface area contributed by atoms with Gasteiger partial charge >= 0.3 is 0 Å². The number of H-pyrrole nitrogens is 1. The number of aromatic nitrogens is 3. The second kappa shape index (κ2) is 4.93. The van der Waals surface area contributed by atoms with Crippen LogP contribution in [-0.2, 0) is 12.8 Å². The monoisotopic (exact) mass is 273 g/mol. The molecule has 1 saturated carbocycles. The maximum atomic E-state index is 5.46. The average molecular weight is 273 g/mol. The minimum Gasteiger partial charge on any atom is -0.271 e. The summed E-state index contributed by atoms with van der Waals surface area (Å²) in [6.45, 7) is 4.39. The van der Waals surface area contributed by atoms with Crippen LogP contribution in [0.4, 0.5) is 0 Å². The molecule has 0 radical (unpaired) electrons. The highest BCUT2D eigenvalue weighted by Gasteiger charge is 2.30. The molecule has 3 rings (SSSR count). The zero-order valence-electron chi connectivity index (χ0n) is 11.4. The van der Waals surface area contributed by atoms with E-state index in [0.29, 0.717) is 5.92 Å². The summed E-state index contributed by atoms with van der Waals surface area (Å²) in [5, 5.41) is 7.43. The van der Waals surface area contributed by atoms with Gasteiger partial charge in [-0.3, -0.25) is 9.67 Å². The summed E-state index contributed by atoms with van der Waals surface area (Å²) in [6, 6.07) is 6.53. The van der Waals surface area contributed by atoms with E-state index >= 15 is 0 Å². The first-order valence-electron chi connectivity index (χ1n) is 7.04. The van der Waals surface area contributed by atoms with Crippen LogP contribution in [0.3, 0.4) is 0 Å². The van der Waals surface area contributed by atoms with Crippen molar-refractivity contribution in [1.29, 1.82) is 0 Å². The van der Waals surface area contributed by atoms with Gasteiger partial charge in [-0.05, 0) is 49.0 Å². The Bertz CT molecular complexity index is 627. The van der Waals surface area contributed by atoms with Crippen molar-refractivity contribution in [2.24, 2.45) is 0 Å². The van der Waals surface area contributed by atoms with E-state index in [1.54, 1.807) is 0 Å². The second-order valence-electron chi connectivity index (χ2n) is 5.13. The zero-order valence-corrected chi connectivity index (χ0v) is 12.3. The lowest BCUT2D eigenvalue weighted by atomic mass is 10.0. The lowest BCUT2D eigenvalue weighted by molar-refractivity contribution is 0.847. The molecular weight excluding hydrogens is 254 g/mol. The average Bonchev–Trinajstić information content (AvgIpc) is 3.21. The molecule has 0 amide bonds. The van der Waals surface area contributed by atoms with Crippen molar-refractivity contribution >= 4 is 12.2 Å². The molecule has 1 aliphatic carbocycles. The molecule has 1 heterocycles. The third kappa shape index (κ3) is 2.14. The van der Waals surface area contributed by atoms with Crippen molar-refractivity contribution in [2.75, 3.05) is 0 Å². The first-order valence-corrected chi connectivity index (χ1v) is 7.45. The van der Waals surface area contributed by atoms with Crippen LogP contribution in [-0.4, -0.2) is 14.8 Å². The highest BCUT2D eigenvalue weighted by atomic mass is 32.1. The third-order valence-electron chi connectivity index (χ3n) is 3.83. The Kier molecular flexibility index (Phi) is 3.27. The Morgan fingerprint density at radius 3 is 2.42 bits per heavy atom. The third-order valence-corrected chi connectivity index (χ3v) is 4.10. The number of benzene rings is 1. The van der Waals surface area contributed by atoms with Gasteiger partial charge in [0.15, 0.2) is 4.77 Å². The number of aromatic amines is 1. The normalized spacial score (nSPS) is 14.8. The predicted octanol–water partition coefficient (Wildman–Crippen LogP) is 3.93. The van der Waals surface area contributed by atoms with Crippen LogP contribution in [0.25, 0.3) is 5.69 Å². The van der Waals surface area contributed by atoms with Gasteiger partial charge in [0.2, 0.25) is 0 Å². The smallest absolute Gasteiger partial charge is 0.199 e. The molecule has 100 valence electrons. The molecule has 0 atom stereocenters. The fourth-order valence-electron chi connectivity index (χ4n) is 2.64. The molecule has 0 bridgehead atoms. The molecular formula is C15H19N3S. The summed E-state index contributed by atoms with van der Waals surface area (Å²) < 4.78 is 2.89. The Morgan fingerprint density at radius 1 is 1.26 bits per heavy atom. The Hall–Kier alpha value is -1.42.